The van der Waals surface area contributed by atoms with Crippen LogP contribution >= 0.6 is 0 Å². The molecular formula is C23H19N3O2. The summed E-state index contributed by atoms with van der Waals surface area (Å²) in [4.78, 5) is 15.9. The minimum atomic E-state index is 0.588. The molecule has 0 saturated heterocycles. The van der Waals surface area contributed by atoms with Crippen molar-refractivity contribution in [3.8, 4) is 28.5 Å². The van der Waals surface area contributed by atoms with Crippen LogP contribution in [0.25, 0.3) is 22.8 Å². The first-order chi connectivity index (χ1) is 13.8. The molecule has 0 radical (unpaired) electrons. The zero-order chi connectivity index (χ0) is 19.3. The summed E-state index contributed by atoms with van der Waals surface area (Å²) in [6, 6.07) is 25.2. The van der Waals surface area contributed by atoms with Gasteiger partial charge in [0, 0.05) is 16.7 Å². The number of aromatic nitrogens is 3. The molecule has 5 nitrogen and oxygen atoms in total. The van der Waals surface area contributed by atoms with E-state index in [9.17, 15) is 4.79 Å². The summed E-state index contributed by atoms with van der Waals surface area (Å²) in [6.07, 6.45) is 0.828. The lowest BCUT2D eigenvalue weighted by molar-refractivity contribution is 0.112. The van der Waals surface area contributed by atoms with Crippen molar-refractivity contribution >= 4 is 6.29 Å². The maximum atomic E-state index is 11.1. The van der Waals surface area contributed by atoms with E-state index in [1.807, 2.05) is 59.3 Å². The minimum Gasteiger partial charge on any atom is -0.497 e. The van der Waals surface area contributed by atoms with Crippen molar-refractivity contribution in [3.63, 3.8) is 0 Å². The predicted molar refractivity (Wildman–Crippen MR) is 108 cm³/mol. The largest absolute Gasteiger partial charge is 0.497 e. The molecule has 0 aliphatic heterocycles. The zero-order valence-corrected chi connectivity index (χ0v) is 15.4. The Morgan fingerprint density at radius 2 is 1.71 bits per heavy atom. The Labute approximate surface area is 163 Å². The van der Waals surface area contributed by atoms with Gasteiger partial charge in [-0.2, -0.15) is 5.10 Å². The first-order valence-corrected chi connectivity index (χ1v) is 8.95. The van der Waals surface area contributed by atoms with Crippen LogP contribution in [-0.4, -0.2) is 28.2 Å². The molecule has 138 valence electrons. The third-order valence-corrected chi connectivity index (χ3v) is 4.48. The van der Waals surface area contributed by atoms with E-state index in [-0.39, 0.29) is 0 Å². The average molecular weight is 369 g/mol. The summed E-state index contributed by atoms with van der Waals surface area (Å²) in [5, 5.41) is 4.73. The van der Waals surface area contributed by atoms with Gasteiger partial charge in [0.15, 0.2) is 11.6 Å². The molecule has 0 N–H and O–H groups in total. The molecule has 0 saturated carbocycles. The van der Waals surface area contributed by atoms with Crippen molar-refractivity contribution < 1.29 is 9.53 Å². The van der Waals surface area contributed by atoms with Crippen LogP contribution in [0.4, 0.5) is 0 Å². The van der Waals surface area contributed by atoms with E-state index in [1.54, 1.807) is 19.2 Å². The van der Waals surface area contributed by atoms with Crippen LogP contribution in [0, 0.1) is 0 Å². The van der Waals surface area contributed by atoms with Gasteiger partial charge in [-0.1, -0.05) is 48.5 Å². The van der Waals surface area contributed by atoms with Crippen molar-refractivity contribution in [2.24, 2.45) is 0 Å². The number of aldehydes is 1. The second-order valence-corrected chi connectivity index (χ2v) is 6.37. The number of hydrogen-bond acceptors (Lipinski definition) is 4. The number of nitrogens with zero attached hydrogens (tertiary/aromatic N) is 3. The standard InChI is InChI=1S/C23H19N3O2/c1-28-21-12-10-19(11-13-21)23-24-22(20-9-5-8-18(14-20)16-27)25-26(23)15-17-6-3-2-4-7-17/h2-14,16H,15H2,1H3. The van der Waals surface area contributed by atoms with Gasteiger partial charge in [0.1, 0.15) is 12.0 Å². The summed E-state index contributed by atoms with van der Waals surface area (Å²) < 4.78 is 7.14. The van der Waals surface area contributed by atoms with E-state index in [0.717, 1.165) is 34.6 Å². The Bertz CT molecular complexity index is 1090. The zero-order valence-electron chi connectivity index (χ0n) is 15.4. The van der Waals surface area contributed by atoms with Gasteiger partial charge < -0.3 is 4.74 Å². The van der Waals surface area contributed by atoms with E-state index in [1.165, 1.54) is 0 Å². The van der Waals surface area contributed by atoms with E-state index in [0.29, 0.717) is 17.9 Å². The second-order valence-electron chi connectivity index (χ2n) is 6.37. The van der Waals surface area contributed by atoms with Gasteiger partial charge in [0.25, 0.3) is 0 Å². The number of methoxy groups -OCH3 is 1. The molecule has 1 heterocycles. The van der Waals surface area contributed by atoms with Gasteiger partial charge in [-0.15, -0.1) is 0 Å². The van der Waals surface area contributed by atoms with Gasteiger partial charge in [-0.25, -0.2) is 9.67 Å². The van der Waals surface area contributed by atoms with Crippen LogP contribution in [0.2, 0.25) is 0 Å². The molecule has 0 spiro atoms. The first-order valence-electron chi connectivity index (χ1n) is 8.95. The molecule has 0 aliphatic carbocycles. The quantitative estimate of drug-likeness (QED) is 0.470. The average Bonchev–Trinajstić information content (AvgIpc) is 3.18. The molecule has 28 heavy (non-hydrogen) atoms. The normalized spacial score (nSPS) is 10.6. The predicted octanol–water partition coefficient (Wildman–Crippen LogP) is 4.48. The first kappa shape index (κ1) is 17.7. The van der Waals surface area contributed by atoms with Crippen LogP contribution in [-0.2, 0) is 6.54 Å². The molecule has 0 unspecified atom stereocenters. The third-order valence-electron chi connectivity index (χ3n) is 4.48. The highest BCUT2D eigenvalue weighted by atomic mass is 16.5. The van der Waals surface area contributed by atoms with Gasteiger partial charge >= 0.3 is 0 Å². The van der Waals surface area contributed by atoms with Crippen LogP contribution in [0.1, 0.15) is 15.9 Å². The maximum absolute atomic E-state index is 11.1. The minimum absolute atomic E-state index is 0.588. The number of hydrogen-bond donors (Lipinski definition) is 0. The van der Waals surface area contributed by atoms with Gasteiger partial charge in [0.05, 0.1) is 13.7 Å². The highest BCUT2D eigenvalue weighted by molar-refractivity contribution is 5.78. The van der Waals surface area contributed by atoms with Crippen molar-refractivity contribution in [2.45, 2.75) is 6.54 Å². The summed E-state index contributed by atoms with van der Waals surface area (Å²) >= 11 is 0. The summed E-state index contributed by atoms with van der Waals surface area (Å²) in [5.74, 6) is 2.14. The monoisotopic (exact) mass is 369 g/mol. The lowest BCUT2D eigenvalue weighted by Crippen LogP contribution is -2.04. The van der Waals surface area contributed by atoms with Crippen molar-refractivity contribution in [3.05, 3.63) is 90.0 Å². The van der Waals surface area contributed by atoms with E-state index in [4.69, 9.17) is 14.8 Å². The Hall–Kier alpha value is -3.73. The number of carbonyl (C=O) groups excluding carboxylic acids is 1. The Kier molecular flexibility index (Phi) is 4.97. The number of benzene rings is 3. The second kappa shape index (κ2) is 7.88. The molecule has 1 aromatic heterocycles. The molecular weight excluding hydrogens is 350 g/mol. The summed E-state index contributed by atoms with van der Waals surface area (Å²) in [7, 11) is 1.64. The number of rotatable bonds is 6. The Morgan fingerprint density at radius 1 is 0.929 bits per heavy atom. The van der Waals surface area contributed by atoms with Crippen LogP contribution in [0.5, 0.6) is 5.75 Å². The lowest BCUT2D eigenvalue weighted by atomic mass is 10.1. The SMILES string of the molecule is COc1ccc(-c2nc(-c3cccc(C=O)c3)nn2Cc2ccccc2)cc1. The fourth-order valence-corrected chi connectivity index (χ4v) is 3.04. The number of ether oxygens (including phenoxy) is 1. The molecule has 0 aliphatic rings. The molecule has 4 aromatic rings. The smallest absolute Gasteiger partial charge is 0.181 e. The molecule has 0 fully saturated rings. The van der Waals surface area contributed by atoms with E-state index < -0.39 is 0 Å². The molecule has 0 amide bonds. The fourth-order valence-electron chi connectivity index (χ4n) is 3.04. The van der Waals surface area contributed by atoms with E-state index in [2.05, 4.69) is 12.1 Å². The van der Waals surface area contributed by atoms with Gasteiger partial charge in [-0.3, -0.25) is 4.79 Å². The van der Waals surface area contributed by atoms with Crippen LogP contribution in [0.15, 0.2) is 78.9 Å². The maximum Gasteiger partial charge on any atom is 0.181 e. The number of carbonyl (C=O) groups is 1. The fraction of sp³-hybridized carbons (Fsp3) is 0.0870. The van der Waals surface area contributed by atoms with Crippen molar-refractivity contribution in [1.29, 1.82) is 0 Å². The van der Waals surface area contributed by atoms with Crippen LogP contribution in [0.3, 0.4) is 0 Å². The molecule has 4 rings (SSSR count). The highest BCUT2D eigenvalue weighted by Crippen LogP contribution is 2.25. The van der Waals surface area contributed by atoms with Crippen molar-refractivity contribution in [2.75, 3.05) is 7.11 Å². The van der Waals surface area contributed by atoms with E-state index >= 15 is 0 Å². The van der Waals surface area contributed by atoms with Crippen LogP contribution < -0.4 is 4.74 Å². The Balaban J connectivity index is 1.79. The molecule has 0 bridgehead atoms. The topological polar surface area (TPSA) is 57.0 Å². The molecule has 0 atom stereocenters. The highest BCUT2D eigenvalue weighted by Gasteiger charge is 2.14. The third kappa shape index (κ3) is 3.69. The Morgan fingerprint density at radius 3 is 2.43 bits per heavy atom. The summed E-state index contributed by atoms with van der Waals surface area (Å²) in [5.41, 5.74) is 3.49. The molecule has 5 heteroatoms. The summed E-state index contributed by atoms with van der Waals surface area (Å²) in [6.45, 7) is 0.600. The van der Waals surface area contributed by atoms with Crippen molar-refractivity contribution in [1.82, 2.24) is 14.8 Å². The molecule has 3 aromatic carbocycles. The lowest BCUT2D eigenvalue weighted by Gasteiger charge is -2.07. The van der Waals surface area contributed by atoms with Gasteiger partial charge in [-0.05, 0) is 35.9 Å². The van der Waals surface area contributed by atoms with Gasteiger partial charge in [0.2, 0.25) is 0 Å².